The van der Waals surface area contributed by atoms with Crippen LogP contribution in [-0.2, 0) is 4.74 Å². The van der Waals surface area contributed by atoms with Gasteiger partial charge in [0, 0.05) is 0 Å². The highest BCUT2D eigenvalue weighted by molar-refractivity contribution is 6.01. The van der Waals surface area contributed by atoms with Crippen molar-refractivity contribution in [2.45, 2.75) is 20.8 Å². The number of carbonyl (C=O) groups excluding carboxylic acids is 1. The van der Waals surface area contributed by atoms with Crippen molar-refractivity contribution in [2.24, 2.45) is 0 Å². The van der Waals surface area contributed by atoms with E-state index in [4.69, 9.17) is 9.84 Å². The minimum Gasteiger partial charge on any atom is -0.476 e. The maximum atomic E-state index is 11.5. The zero-order chi connectivity index (χ0) is 12.3. The maximum absolute atomic E-state index is 11.5. The third kappa shape index (κ3) is 2.33. The minimum atomic E-state index is -1.27. The number of aryl methyl sites for hydroxylation is 2. The van der Waals surface area contributed by atoms with Crippen LogP contribution < -0.4 is 0 Å². The van der Waals surface area contributed by atoms with Crippen LogP contribution in [-0.4, -0.2) is 33.6 Å². The summed E-state index contributed by atoms with van der Waals surface area (Å²) in [6.07, 6.45) is 0. The normalized spacial score (nSPS) is 9.94. The molecule has 6 heteroatoms. The van der Waals surface area contributed by atoms with Crippen LogP contribution >= 0.6 is 0 Å². The van der Waals surface area contributed by atoms with Gasteiger partial charge in [0.2, 0.25) is 0 Å². The van der Waals surface area contributed by atoms with Gasteiger partial charge in [0.25, 0.3) is 0 Å². The monoisotopic (exact) mass is 224 g/mol. The molecule has 16 heavy (non-hydrogen) atoms. The van der Waals surface area contributed by atoms with Crippen molar-refractivity contribution in [1.82, 2.24) is 9.97 Å². The summed E-state index contributed by atoms with van der Waals surface area (Å²) in [7, 11) is 0. The Kier molecular flexibility index (Phi) is 3.55. The lowest BCUT2D eigenvalue weighted by Gasteiger charge is -2.08. The predicted octanol–water partition coefficient (Wildman–Crippen LogP) is 0.968. The molecule has 0 aliphatic carbocycles. The highest BCUT2D eigenvalue weighted by Gasteiger charge is 2.23. The number of hydrogen-bond acceptors (Lipinski definition) is 5. The van der Waals surface area contributed by atoms with E-state index in [9.17, 15) is 9.59 Å². The van der Waals surface area contributed by atoms with Crippen molar-refractivity contribution >= 4 is 11.9 Å². The Morgan fingerprint density at radius 1 is 1.31 bits per heavy atom. The Bertz CT molecular complexity index is 443. The van der Waals surface area contributed by atoms with Gasteiger partial charge >= 0.3 is 11.9 Å². The van der Waals surface area contributed by atoms with Crippen molar-refractivity contribution in [3.63, 3.8) is 0 Å². The molecule has 0 saturated heterocycles. The van der Waals surface area contributed by atoms with Crippen molar-refractivity contribution in [3.05, 3.63) is 22.8 Å². The van der Waals surface area contributed by atoms with E-state index in [0.717, 1.165) is 0 Å². The first-order chi connectivity index (χ1) is 7.47. The fourth-order valence-corrected chi connectivity index (χ4v) is 1.32. The molecule has 0 aromatic carbocycles. The lowest BCUT2D eigenvalue weighted by Crippen LogP contribution is -2.17. The van der Waals surface area contributed by atoms with Gasteiger partial charge in [0.15, 0.2) is 5.69 Å². The first-order valence-corrected chi connectivity index (χ1v) is 4.73. The zero-order valence-corrected chi connectivity index (χ0v) is 9.27. The molecule has 1 aromatic rings. The number of ether oxygens (including phenoxy) is 1. The summed E-state index contributed by atoms with van der Waals surface area (Å²) in [5.74, 6) is -1.67. The third-order valence-electron chi connectivity index (χ3n) is 1.88. The quantitative estimate of drug-likeness (QED) is 0.769. The second-order valence-corrected chi connectivity index (χ2v) is 3.11. The average Bonchev–Trinajstić information content (AvgIpc) is 2.16. The van der Waals surface area contributed by atoms with Crippen LogP contribution in [0.15, 0.2) is 0 Å². The largest absolute Gasteiger partial charge is 0.476 e. The summed E-state index contributed by atoms with van der Waals surface area (Å²) in [6.45, 7) is 4.93. The standard InChI is InChI=1S/C10H12N2O4/c1-4-16-10(15)7-5(2)11-6(3)12-8(7)9(13)14/h4H2,1-3H3,(H,13,14). The van der Waals surface area contributed by atoms with Crippen LogP contribution in [0.25, 0.3) is 0 Å². The molecule has 0 spiro atoms. The maximum Gasteiger partial charge on any atom is 0.355 e. The number of aromatic carboxylic acids is 1. The van der Waals surface area contributed by atoms with Gasteiger partial charge in [-0.3, -0.25) is 0 Å². The molecule has 1 N–H and O–H groups in total. The van der Waals surface area contributed by atoms with Crippen LogP contribution in [0.5, 0.6) is 0 Å². The van der Waals surface area contributed by atoms with Crippen molar-refractivity contribution < 1.29 is 19.4 Å². The summed E-state index contributed by atoms with van der Waals surface area (Å²) in [5.41, 5.74) is -0.0910. The first-order valence-electron chi connectivity index (χ1n) is 4.73. The molecular weight excluding hydrogens is 212 g/mol. The van der Waals surface area contributed by atoms with Gasteiger partial charge in [0.05, 0.1) is 12.3 Å². The summed E-state index contributed by atoms with van der Waals surface area (Å²) in [4.78, 5) is 30.1. The number of carbonyl (C=O) groups is 2. The fraction of sp³-hybridized carbons (Fsp3) is 0.400. The highest BCUT2D eigenvalue weighted by Crippen LogP contribution is 2.12. The number of aromatic nitrogens is 2. The van der Waals surface area contributed by atoms with E-state index in [2.05, 4.69) is 9.97 Å². The van der Waals surface area contributed by atoms with Gasteiger partial charge in [-0.1, -0.05) is 0 Å². The smallest absolute Gasteiger partial charge is 0.355 e. The Balaban J connectivity index is 3.35. The van der Waals surface area contributed by atoms with E-state index in [1.54, 1.807) is 20.8 Å². The summed E-state index contributed by atoms with van der Waals surface area (Å²) in [5, 5.41) is 8.93. The molecule has 1 aromatic heterocycles. The molecule has 86 valence electrons. The molecule has 0 atom stereocenters. The molecule has 0 saturated carbocycles. The average molecular weight is 224 g/mol. The van der Waals surface area contributed by atoms with Gasteiger partial charge in [-0.05, 0) is 20.8 Å². The van der Waals surface area contributed by atoms with Crippen LogP contribution in [0.4, 0.5) is 0 Å². The van der Waals surface area contributed by atoms with E-state index >= 15 is 0 Å². The van der Waals surface area contributed by atoms with E-state index < -0.39 is 11.9 Å². The zero-order valence-electron chi connectivity index (χ0n) is 9.27. The molecule has 1 heterocycles. The van der Waals surface area contributed by atoms with Crippen molar-refractivity contribution in [1.29, 1.82) is 0 Å². The van der Waals surface area contributed by atoms with Gasteiger partial charge in [-0.25, -0.2) is 19.6 Å². The summed E-state index contributed by atoms with van der Waals surface area (Å²) >= 11 is 0. The second kappa shape index (κ2) is 4.69. The number of hydrogen-bond donors (Lipinski definition) is 1. The molecule has 0 bridgehead atoms. The third-order valence-corrected chi connectivity index (χ3v) is 1.88. The number of esters is 1. The molecule has 0 unspecified atom stereocenters. The van der Waals surface area contributed by atoms with Crippen molar-refractivity contribution in [2.75, 3.05) is 6.61 Å². The Hall–Kier alpha value is -1.98. The van der Waals surface area contributed by atoms with E-state index in [-0.39, 0.29) is 17.9 Å². The number of carboxylic acid groups (broad SMARTS) is 1. The molecule has 0 amide bonds. The van der Waals surface area contributed by atoms with Crippen molar-refractivity contribution in [3.8, 4) is 0 Å². The Labute approximate surface area is 92.3 Å². The lowest BCUT2D eigenvalue weighted by atomic mass is 10.1. The van der Waals surface area contributed by atoms with Gasteiger partial charge in [-0.15, -0.1) is 0 Å². The highest BCUT2D eigenvalue weighted by atomic mass is 16.5. The molecular formula is C10H12N2O4. The van der Waals surface area contributed by atoms with Crippen LogP contribution in [0, 0.1) is 13.8 Å². The molecule has 0 radical (unpaired) electrons. The number of rotatable bonds is 3. The van der Waals surface area contributed by atoms with Gasteiger partial charge in [-0.2, -0.15) is 0 Å². The van der Waals surface area contributed by atoms with Gasteiger partial charge < -0.3 is 9.84 Å². The van der Waals surface area contributed by atoms with Crippen LogP contribution in [0.1, 0.15) is 39.3 Å². The Morgan fingerprint density at radius 3 is 2.44 bits per heavy atom. The minimum absolute atomic E-state index is 0.0834. The molecule has 6 nitrogen and oxygen atoms in total. The van der Waals surface area contributed by atoms with E-state index in [0.29, 0.717) is 11.5 Å². The number of carboxylic acids is 1. The molecule has 0 fully saturated rings. The first kappa shape index (κ1) is 12.1. The van der Waals surface area contributed by atoms with Crippen LogP contribution in [0.2, 0.25) is 0 Å². The Morgan fingerprint density at radius 2 is 1.94 bits per heavy atom. The SMILES string of the molecule is CCOC(=O)c1c(C)nc(C)nc1C(=O)O. The van der Waals surface area contributed by atoms with E-state index in [1.807, 2.05) is 0 Å². The summed E-state index contributed by atoms with van der Waals surface area (Å²) < 4.78 is 4.76. The summed E-state index contributed by atoms with van der Waals surface area (Å²) in [6, 6.07) is 0. The van der Waals surface area contributed by atoms with E-state index in [1.165, 1.54) is 0 Å². The molecule has 1 rings (SSSR count). The lowest BCUT2D eigenvalue weighted by molar-refractivity contribution is 0.0511. The second-order valence-electron chi connectivity index (χ2n) is 3.11. The predicted molar refractivity (Wildman–Crippen MR) is 54.4 cm³/mol. The topological polar surface area (TPSA) is 89.4 Å². The molecule has 0 aliphatic rings. The molecule has 0 aliphatic heterocycles. The number of nitrogens with zero attached hydrogens (tertiary/aromatic N) is 2. The van der Waals surface area contributed by atoms with Gasteiger partial charge in [0.1, 0.15) is 11.4 Å². The fourth-order valence-electron chi connectivity index (χ4n) is 1.32. The van der Waals surface area contributed by atoms with Crippen LogP contribution in [0.3, 0.4) is 0 Å².